The molecule has 180 valence electrons. The van der Waals surface area contributed by atoms with Gasteiger partial charge in [-0.3, -0.25) is 4.79 Å². The van der Waals surface area contributed by atoms with Gasteiger partial charge in [0.25, 0.3) is 0 Å². The molecule has 3 aromatic carbocycles. The summed E-state index contributed by atoms with van der Waals surface area (Å²) in [5.41, 5.74) is 7.83. The summed E-state index contributed by atoms with van der Waals surface area (Å²) in [5.74, 6) is 0.0347. The van der Waals surface area contributed by atoms with E-state index in [4.69, 9.17) is 5.10 Å². The lowest BCUT2D eigenvalue weighted by Crippen LogP contribution is -2.58. The number of nitrogens with one attached hydrogen (secondary N) is 1. The molecule has 0 aliphatic carbocycles. The van der Waals surface area contributed by atoms with Crippen molar-refractivity contribution in [3.8, 4) is 16.8 Å². The van der Waals surface area contributed by atoms with E-state index in [2.05, 4.69) is 111 Å². The average molecular weight is 475 g/mol. The van der Waals surface area contributed by atoms with Crippen molar-refractivity contribution in [2.75, 3.05) is 11.4 Å². The van der Waals surface area contributed by atoms with Crippen molar-refractivity contribution in [3.05, 3.63) is 107 Å². The normalized spacial score (nSPS) is 20.0. The second-order valence-corrected chi connectivity index (χ2v) is 10.5. The Morgan fingerprint density at radius 2 is 1.67 bits per heavy atom. The molecule has 4 aromatic rings. The van der Waals surface area contributed by atoms with Crippen molar-refractivity contribution >= 4 is 17.7 Å². The van der Waals surface area contributed by atoms with E-state index in [1.165, 1.54) is 16.7 Å². The molecule has 36 heavy (non-hydrogen) atoms. The van der Waals surface area contributed by atoms with Crippen LogP contribution < -0.4 is 10.2 Å². The van der Waals surface area contributed by atoms with Crippen LogP contribution in [-0.2, 0) is 10.2 Å². The zero-order valence-electron chi connectivity index (χ0n) is 21.1. The van der Waals surface area contributed by atoms with E-state index in [1.807, 2.05) is 22.9 Å². The maximum Gasteiger partial charge on any atom is 0.241 e. The van der Waals surface area contributed by atoms with Gasteiger partial charge in [0.15, 0.2) is 0 Å². The highest BCUT2D eigenvalue weighted by Crippen LogP contribution is 2.53. The van der Waals surface area contributed by atoms with Crippen LogP contribution in [0.15, 0.2) is 85.1 Å². The second kappa shape index (κ2) is 7.95. The number of para-hydroxylation sites is 1. The van der Waals surface area contributed by atoms with Crippen LogP contribution in [0.1, 0.15) is 36.2 Å². The van der Waals surface area contributed by atoms with Gasteiger partial charge in [0.1, 0.15) is 5.66 Å². The summed E-state index contributed by atoms with van der Waals surface area (Å²) in [4.78, 5) is 14.9. The molecular weight excluding hydrogens is 444 g/mol. The van der Waals surface area contributed by atoms with Crippen molar-refractivity contribution in [1.29, 1.82) is 0 Å². The van der Waals surface area contributed by atoms with Crippen molar-refractivity contribution in [3.63, 3.8) is 0 Å². The van der Waals surface area contributed by atoms with Gasteiger partial charge in [0, 0.05) is 22.9 Å². The Bertz CT molecular complexity index is 1500. The van der Waals surface area contributed by atoms with Gasteiger partial charge in [-0.1, -0.05) is 79.6 Å². The first-order chi connectivity index (χ1) is 17.3. The number of hydrogen-bond acceptors (Lipinski definition) is 3. The molecule has 1 amide bonds. The molecule has 1 atom stereocenters. The smallest absolute Gasteiger partial charge is 0.241 e. The lowest BCUT2D eigenvalue weighted by molar-refractivity contribution is -0.118. The highest BCUT2D eigenvalue weighted by Gasteiger charge is 2.60. The SMILES string of the molecule is Cc1ccc(-c2cn(-c3ccccc3)nc2/C=C/C23NC(=O)CN2c2ccc(C)cc2C3(C)C)cc1. The van der Waals surface area contributed by atoms with Crippen LogP contribution >= 0.6 is 0 Å². The monoisotopic (exact) mass is 474 g/mol. The van der Waals surface area contributed by atoms with Crippen molar-refractivity contribution in [2.45, 2.75) is 38.8 Å². The van der Waals surface area contributed by atoms with E-state index in [0.717, 1.165) is 28.2 Å². The molecule has 0 saturated carbocycles. The van der Waals surface area contributed by atoms with E-state index in [0.29, 0.717) is 6.54 Å². The van der Waals surface area contributed by atoms with Gasteiger partial charge >= 0.3 is 0 Å². The lowest BCUT2D eigenvalue weighted by atomic mass is 9.75. The van der Waals surface area contributed by atoms with Crippen LogP contribution in [0.3, 0.4) is 0 Å². The number of carbonyl (C=O) groups excluding carboxylic acids is 1. The number of aromatic nitrogens is 2. The van der Waals surface area contributed by atoms with Crippen molar-refractivity contribution in [1.82, 2.24) is 15.1 Å². The van der Waals surface area contributed by atoms with Gasteiger partial charge in [0.05, 0.1) is 17.9 Å². The minimum absolute atomic E-state index is 0.0347. The third kappa shape index (κ3) is 3.30. The first-order valence-electron chi connectivity index (χ1n) is 12.4. The standard InChI is InChI=1S/C31H30N4O/c1-21-10-13-23(14-11-21)25-19-35(24-8-6-5-7-9-24)33-27(25)16-17-31-30(3,4)26-18-22(2)12-15-28(26)34(31)20-29(36)32-31/h5-19H,20H2,1-4H3,(H,32,36)/b17-16+. The van der Waals surface area contributed by atoms with Gasteiger partial charge in [0.2, 0.25) is 5.91 Å². The molecule has 0 bridgehead atoms. The van der Waals surface area contributed by atoms with Crippen LogP contribution in [0.2, 0.25) is 0 Å². The number of nitrogens with zero attached hydrogens (tertiary/aromatic N) is 3. The lowest BCUT2D eigenvalue weighted by Gasteiger charge is -2.40. The van der Waals surface area contributed by atoms with Crippen molar-refractivity contribution < 1.29 is 4.79 Å². The Balaban J connectivity index is 1.49. The van der Waals surface area contributed by atoms with Gasteiger partial charge in [-0.15, -0.1) is 0 Å². The molecule has 6 rings (SSSR count). The highest BCUT2D eigenvalue weighted by molar-refractivity contribution is 5.92. The molecule has 2 aliphatic heterocycles. The molecule has 1 N–H and O–H groups in total. The fourth-order valence-electron chi connectivity index (χ4n) is 5.67. The molecule has 2 aliphatic rings. The maximum atomic E-state index is 12.7. The largest absolute Gasteiger partial charge is 0.335 e. The summed E-state index contributed by atoms with van der Waals surface area (Å²) < 4.78 is 1.93. The molecule has 5 heteroatoms. The first-order valence-corrected chi connectivity index (χ1v) is 12.4. The maximum absolute atomic E-state index is 12.7. The number of hydrogen-bond donors (Lipinski definition) is 1. The molecule has 5 nitrogen and oxygen atoms in total. The number of amides is 1. The van der Waals surface area contributed by atoms with E-state index in [1.54, 1.807) is 0 Å². The molecule has 0 radical (unpaired) electrons. The predicted molar refractivity (Wildman–Crippen MR) is 145 cm³/mol. The van der Waals surface area contributed by atoms with Crippen LogP contribution in [0.25, 0.3) is 22.9 Å². The minimum atomic E-state index is -0.665. The topological polar surface area (TPSA) is 50.2 Å². The molecule has 1 saturated heterocycles. The fourth-order valence-corrected chi connectivity index (χ4v) is 5.67. The molecule has 1 aromatic heterocycles. The quantitative estimate of drug-likeness (QED) is 0.407. The third-order valence-electron chi connectivity index (χ3n) is 7.74. The van der Waals surface area contributed by atoms with E-state index in [9.17, 15) is 4.79 Å². The van der Waals surface area contributed by atoms with Gasteiger partial charge < -0.3 is 10.2 Å². The Morgan fingerprint density at radius 3 is 2.42 bits per heavy atom. The van der Waals surface area contributed by atoms with Crippen LogP contribution in [0, 0.1) is 13.8 Å². The highest BCUT2D eigenvalue weighted by atomic mass is 16.2. The van der Waals surface area contributed by atoms with Gasteiger partial charge in [-0.05, 0) is 55.3 Å². The van der Waals surface area contributed by atoms with Crippen LogP contribution in [0.5, 0.6) is 0 Å². The summed E-state index contributed by atoms with van der Waals surface area (Å²) in [6.07, 6.45) is 6.30. The summed E-state index contributed by atoms with van der Waals surface area (Å²) in [7, 11) is 0. The Morgan fingerprint density at radius 1 is 0.944 bits per heavy atom. The molecule has 1 fully saturated rings. The van der Waals surface area contributed by atoms with Crippen LogP contribution in [-0.4, -0.2) is 27.9 Å². The molecular formula is C31H30N4O. The molecule has 3 heterocycles. The van der Waals surface area contributed by atoms with Gasteiger partial charge in [-0.2, -0.15) is 5.10 Å². The summed E-state index contributed by atoms with van der Waals surface area (Å²) >= 11 is 0. The third-order valence-corrected chi connectivity index (χ3v) is 7.74. The molecule has 1 unspecified atom stereocenters. The second-order valence-electron chi connectivity index (χ2n) is 10.5. The van der Waals surface area contributed by atoms with E-state index >= 15 is 0 Å². The number of fused-ring (bicyclic) bond motifs is 3. The summed E-state index contributed by atoms with van der Waals surface area (Å²) in [5, 5.41) is 8.31. The number of anilines is 1. The summed E-state index contributed by atoms with van der Waals surface area (Å²) in [6.45, 7) is 8.98. The van der Waals surface area contributed by atoms with Crippen molar-refractivity contribution in [2.24, 2.45) is 0 Å². The number of benzene rings is 3. The van der Waals surface area contributed by atoms with E-state index < -0.39 is 5.66 Å². The number of carbonyl (C=O) groups is 1. The predicted octanol–water partition coefficient (Wildman–Crippen LogP) is 5.79. The zero-order valence-corrected chi connectivity index (χ0v) is 21.1. The molecule has 0 spiro atoms. The van der Waals surface area contributed by atoms with E-state index in [-0.39, 0.29) is 11.3 Å². The van der Waals surface area contributed by atoms with Gasteiger partial charge in [-0.25, -0.2) is 4.68 Å². The minimum Gasteiger partial charge on any atom is -0.335 e. The Kier molecular flexibility index (Phi) is 4.94. The number of rotatable bonds is 4. The number of aryl methyl sites for hydroxylation is 2. The average Bonchev–Trinajstić information content (AvgIpc) is 3.49. The Labute approximate surface area is 212 Å². The fraction of sp³-hybridized carbons (Fsp3) is 0.226. The van der Waals surface area contributed by atoms with Crippen LogP contribution in [0.4, 0.5) is 5.69 Å². The Hall–Kier alpha value is -4.12. The zero-order chi connectivity index (χ0) is 25.1. The first kappa shape index (κ1) is 22.4. The summed E-state index contributed by atoms with van der Waals surface area (Å²) in [6, 6.07) is 25.2.